The number of hydrogen-bond donors (Lipinski definition) is 1. The van der Waals surface area contributed by atoms with Crippen LogP contribution in [0.15, 0.2) is 53.4 Å². The molecule has 0 radical (unpaired) electrons. The van der Waals surface area contributed by atoms with E-state index in [0.29, 0.717) is 31.0 Å². The van der Waals surface area contributed by atoms with Gasteiger partial charge >= 0.3 is 0 Å². The Bertz CT molecular complexity index is 846. The molecule has 7 heteroatoms. The highest BCUT2D eigenvalue weighted by molar-refractivity contribution is 7.92. The van der Waals surface area contributed by atoms with Gasteiger partial charge in [0.15, 0.2) is 0 Å². The van der Waals surface area contributed by atoms with E-state index in [1.165, 1.54) is 12.1 Å². The van der Waals surface area contributed by atoms with Gasteiger partial charge in [0.05, 0.1) is 11.5 Å². The number of carbonyl (C=O) groups excluding carboxylic acids is 1. The fourth-order valence-electron chi connectivity index (χ4n) is 2.73. The van der Waals surface area contributed by atoms with Crippen LogP contribution in [0.5, 0.6) is 5.75 Å². The van der Waals surface area contributed by atoms with Gasteiger partial charge in [-0.1, -0.05) is 0 Å². The van der Waals surface area contributed by atoms with Crippen LogP contribution < -0.4 is 14.4 Å². The van der Waals surface area contributed by atoms with Crippen LogP contribution in [0, 0.1) is 0 Å². The summed E-state index contributed by atoms with van der Waals surface area (Å²) in [6.07, 6.45) is 1.41. The summed E-state index contributed by atoms with van der Waals surface area (Å²) < 4.78 is 32.8. The summed E-state index contributed by atoms with van der Waals surface area (Å²) in [6, 6.07) is 13.1. The van der Waals surface area contributed by atoms with E-state index < -0.39 is 10.0 Å². The molecule has 2 aromatic carbocycles. The van der Waals surface area contributed by atoms with E-state index in [4.69, 9.17) is 4.74 Å². The van der Waals surface area contributed by atoms with E-state index >= 15 is 0 Å². The quantitative estimate of drug-likeness (QED) is 0.859. The summed E-state index contributed by atoms with van der Waals surface area (Å²) in [5, 5.41) is 0. The SMILES string of the molecule is CCOc1ccc(S(=O)(=O)Nc2ccc(N3CCCC3=O)cc2)cc1. The van der Waals surface area contributed by atoms with Crippen molar-refractivity contribution < 1.29 is 17.9 Å². The molecule has 2 aromatic rings. The fraction of sp³-hybridized carbons (Fsp3) is 0.278. The van der Waals surface area contributed by atoms with Crippen molar-refractivity contribution in [3.63, 3.8) is 0 Å². The van der Waals surface area contributed by atoms with Gasteiger partial charge in [-0.3, -0.25) is 9.52 Å². The average molecular weight is 360 g/mol. The second kappa shape index (κ2) is 7.14. The van der Waals surface area contributed by atoms with Crippen LogP contribution in [-0.4, -0.2) is 27.5 Å². The van der Waals surface area contributed by atoms with E-state index in [2.05, 4.69) is 4.72 Å². The second-order valence-corrected chi connectivity index (χ2v) is 7.39. The van der Waals surface area contributed by atoms with Gasteiger partial charge in [0.1, 0.15) is 5.75 Å². The van der Waals surface area contributed by atoms with Gasteiger partial charge in [-0.25, -0.2) is 8.42 Å². The number of nitrogens with zero attached hydrogens (tertiary/aromatic N) is 1. The maximum absolute atomic E-state index is 12.4. The molecule has 1 amide bonds. The maximum atomic E-state index is 12.4. The topological polar surface area (TPSA) is 75.7 Å². The van der Waals surface area contributed by atoms with E-state index in [1.807, 2.05) is 6.92 Å². The minimum atomic E-state index is -3.67. The largest absolute Gasteiger partial charge is 0.494 e. The van der Waals surface area contributed by atoms with Gasteiger partial charge in [-0.05, 0) is 61.9 Å². The smallest absolute Gasteiger partial charge is 0.261 e. The lowest BCUT2D eigenvalue weighted by Crippen LogP contribution is -2.23. The van der Waals surface area contributed by atoms with E-state index in [-0.39, 0.29) is 10.8 Å². The molecule has 0 aliphatic carbocycles. The van der Waals surface area contributed by atoms with Gasteiger partial charge in [0.2, 0.25) is 5.91 Å². The number of hydrogen-bond acceptors (Lipinski definition) is 4. The third-order valence-electron chi connectivity index (χ3n) is 3.95. The number of sulfonamides is 1. The molecule has 0 bridgehead atoms. The number of anilines is 2. The minimum absolute atomic E-state index is 0.0997. The van der Waals surface area contributed by atoms with Crippen molar-refractivity contribution in [1.29, 1.82) is 0 Å². The molecule has 0 unspecified atom stereocenters. The van der Waals surface area contributed by atoms with Crippen LogP contribution in [0.2, 0.25) is 0 Å². The van der Waals surface area contributed by atoms with Gasteiger partial charge in [-0.2, -0.15) is 0 Å². The third kappa shape index (κ3) is 3.93. The molecule has 1 aliphatic heterocycles. The molecule has 1 N–H and O–H groups in total. The van der Waals surface area contributed by atoms with E-state index in [1.54, 1.807) is 41.3 Å². The highest BCUT2D eigenvalue weighted by Crippen LogP contribution is 2.24. The maximum Gasteiger partial charge on any atom is 0.261 e. The number of benzene rings is 2. The van der Waals surface area contributed by atoms with Crippen LogP contribution in [-0.2, 0) is 14.8 Å². The predicted molar refractivity (Wildman–Crippen MR) is 96.4 cm³/mol. The summed E-state index contributed by atoms with van der Waals surface area (Å²) in [5.41, 5.74) is 1.23. The van der Waals surface area contributed by atoms with Crippen LogP contribution in [0.4, 0.5) is 11.4 Å². The number of rotatable bonds is 6. The first-order valence-corrected chi connectivity index (χ1v) is 9.64. The van der Waals surface area contributed by atoms with Crippen molar-refractivity contribution in [3.05, 3.63) is 48.5 Å². The number of carbonyl (C=O) groups is 1. The van der Waals surface area contributed by atoms with Gasteiger partial charge < -0.3 is 9.64 Å². The summed E-state index contributed by atoms with van der Waals surface area (Å²) in [4.78, 5) is 13.6. The highest BCUT2D eigenvalue weighted by atomic mass is 32.2. The first kappa shape index (κ1) is 17.3. The lowest BCUT2D eigenvalue weighted by atomic mass is 10.2. The van der Waals surface area contributed by atoms with Gasteiger partial charge in [-0.15, -0.1) is 0 Å². The minimum Gasteiger partial charge on any atom is -0.494 e. The summed E-state index contributed by atoms with van der Waals surface area (Å²) in [6.45, 7) is 3.10. The molecule has 25 heavy (non-hydrogen) atoms. The standard InChI is InChI=1S/C18H20N2O4S/c1-2-24-16-9-11-17(12-10-16)25(22,23)19-14-5-7-15(8-6-14)20-13-3-4-18(20)21/h5-12,19H,2-4,13H2,1H3. The Labute approximate surface area is 147 Å². The van der Waals surface area contributed by atoms with Crippen LogP contribution in [0.25, 0.3) is 0 Å². The van der Waals surface area contributed by atoms with Crippen LogP contribution in [0.1, 0.15) is 19.8 Å². The molecule has 3 rings (SSSR count). The normalized spacial score (nSPS) is 14.6. The Morgan fingerprint density at radius 1 is 1.08 bits per heavy atom. The number of nitrogens with one attached hydrogen (secondary N) is 1. The Morgan fingerprint density at radius 2 is 1.76 bits per heavy atom. The predicted octanol–water partition coefficient (Wildman–Crippen LogP) is 3.01. The molecular formula is C18H20N2O4S. The molecule has 0 atom stereocenters. The molecule has 0 saturated carbocycles. The van der Waals surface area contributed by atoms with Crippen LogP contribution in [0.3, 0.4) is 0 Å². The second-order valence-electron chi connectivity index (χ2n) is 5.71. The Hall–Kier alpha value is -2.54. The van der Waals surface area contributed by atoms with Crippen molar-refractivity contribution >= 4 is 27.3 Å². The molecule has 1 aliphatic rings. The van der Waals surface area contributed by atoms with Crippen molar-refractivity contribution in [2.24, 2.45) is 0 Å². The Kier molecular flexibility index (Phi) is 4.94. The summed E-state index contributed by atoms with van der Waals surface area (Å²) in [7, 11) is -3.67. The van der Waals surface area contributed by atoms with Gasteiger partial charge in [0.25, 0.3) is 10.0 Å². The molecule has 0 spiro atoms. The van der Waals surface area contributed by atoms with Crippen molar-refractivity contribution in [2.75, 3.05) is 22.8 Å². The van der Waals surface area contributed by atoms with E-state index in [0.717, 1.165) is 12.1 Å². The Balaban J connectivity index is 1.73. The van der Waals surface area contributed by atoms with Gasteiger partial charge in [0, 0.05) is 24.3 Å². The fourth-order valence-corrected chi connectivity index (χ4v) is 3.78. The van der Waals surface area contributed by atoms with Crippen LogP contribution >= 0.6 is 0 Å². The first-order chi connectivity index (χ1) is 12.0. The number of ether oxygens (including phenoxy) is 1. The molecule has 1 saturated heterocycles. The van der Waals surface area contributed by atoms with Crippen molar-refractivity contribution in [2.45, 2.75) is 24.7 Å². The lowest BCUT2D eigenvalue weighted by molar-refractivity contribution is -0.117. The average Bonchev–Trinajstić information content (AvgIpc) is 3.02. The summed E-state index contributed by atoms with van der Waals surface area (Å²) >= 11 is 0. The molecular weight excluding hydrogens is 340 g/mol. The molecule has 132 valence electrons. The monoisotopic (exact) mass is 360 g/mol. The highest BCUT2D eigenvalue weighted by Gasteiger charge is 2.21. The lowest BCUT2D eigenvalue weighted by Gasteiger charge is -2.16. The zero-order chi connectivity index (χ0) is 17.9. The molecule has 1 fully saturated rings. The summed E-state index contributed by atoms with van der Waals surface area (Å²) in [5.74, 6) is 0.726. The van der Waals surface area contributed by atoms with E-state index in [9.17, 15) is 13.2 Å². The number of amides is 1. The molecule has 6 nitrogen and oxygen atoms in total. The first-order valence-electron chi connectivity index (χ1n) is 8.16. The van der Waals surface area contributed by atoms with Crippen molar-refractivity contribution in [3.8, 4) is 5.75 Å². The Morgan fingerprint density at radius 3 is 2.32 bits per heavy atom. The third-order valence-corrected chi connectivity index (χ3v) is 5.35. The van der Waals surface area contributed by atoms with Crippen molar-refractivity contribution in [1.82, 2.24) is 0 Å². The zero-order valence-electron chi connectivity index (χ0n) is 13.9. The zero-order valence-corrected chi connectivity index (χ0v) is 14.8. The molecule has 1 heterocycles. The molecule has 0 aromatic heterocycles.